The van der Waals surface area contributed by atoms with Crippen LogP contribution in [-0.2, 0) is 17.1 Å². The van der Waals surface area contributed by atoms with Crippen LogP contribution in [0.15, 0.2) is 39.6 Å². The Kier molecular flexibility index (Phi) is 5.87. The Morgan fingerprint density at radius 3 is 2.83 bits per heavy atom. The lowest BCUT2D eigenvalue weighted by atomic mass is 10.1. The zero-order valence-electron chi connectivity index (χ0n) is 17.0. The van der Waals surface area contributed by atoms with E-state index in [2.05, 4.69) is 34.3 Å². The Labute approximate surface area is 181 Å². The first kappa shape index (κ1) is 20.5. The topological polar surface area (TPSA) is 94.2 Å². The highest BCUT2D eigenvalue weighted by atomic mass is 32.2. The van der Waals surface area contributed by atoms with Gasteiger partial charge in [0.1, 0.15) is 0 Å². The summed E-state index contributed by atoms with van der Waals surface area (Å²) in [5.74, 6) is 1.47. The molecule has 0 bridgehead atoms. The molecule has 1 amide bonds. The fourth-order valence-electron chi connectivity index (χ4n) is 3.14. The number of aromatic nitrogens is 5. The summed E-state index contributed by atoms with van der Waals surface area (Å²) >= 11 is 2.89. The van der Waals surface area contributed by atoms with Crippen molar-refractivity contribution in [2.75, 3.05) is 5.32 Å². The molecule has 3 heterocycles. The molecule has 4 rings (SSSR count). The van der Waals surface area contributed by atoms with Gasteiger partial charge in [-0.2, -0.15) is 0 Å². The fraction of sp³-hybridized carbons (Fsp3) is 0.350. The Bertz CT molecular complexity index is 1270. The zero-order valence-corrected chi connectivity index (χ0v) is 18.6. The lowest BCUT2D eigenvalue weighted by Crippen LogP contribution is -2.24. The molecule has 0 saturated heterocycles. The average molecular weight is 443 g/mol. The molecule has 0 radical (unpaired) electrons. The highest BCUT2D eigenvalue weighted by Crippen LogP contribution is 2.26. The number of thiazole rings is 1. The summed E-state index contributed by atoms with van der Waals surface area (Å²) in [6, 6.07) is 7.55. The molecule has 0 aliphatic rings. The van der Waals surface area contributed by atoms with Crippen LogP contribution in [0.1, 0.15) is 32.9 Å². The number of anilines is 1. The second-order valence-corrected chi connectivity index (χ2v) is 9.19. The maximum absolute atomic E-state index is 13.1. The van der Waals surface area contributed by atoms with Crippen LogP contribution < -0.4 is 10.9 Å². The fourth-order valence-corrected chi connectivity index (χ4v) is 4.83. The number of hydrogen-bond acceptors (Lipinski definition) is 7. The van der Waals surface area contributed by atoms with Crippen molar-refractivity contribution in [2.45, 2.75) is 44.6 Å². The van der Waals surface area contributed by atoms with E-state index in [4.69, 9.17) is 0 Å². The van der Waals surface area contributed by atoms with Gasteiger partial charge in [0.15, 0.2) is 10.3 Å². The number of rotatable bonds is 7. The molecule has 8 nitrogen and oxygen atoms in total. The molecule has 30 heavy (non-hydrogen) atoms. The molecule has 0 atom stereocenters. The molecule has 3 aromatic heterocycles. The van der Waals surface area contributed by atoms with Crippen molar-refractivity contribution in [3.63, 3.8) is 0 Å². The largest absolute Gasteiger partial charge is 0.302 e. The highest BCUT2D eigenvalue weighted by molar-refractivity contribution is 7.98. The van der Waals surface area contributed by atoms with Gasteiger partial charge in [0.25, 0.3) is 5.56 Å². The maximum atomic E-state index is 13.1. The van der Waals surface area contributed by atoms with Gasteiger partial charge in [-0.25, -0.2) is 4.98 Å². The molecule has 1 N–H and O–H groups in total. The van der Waals surface area contributed by atoms with Gasteiger partial charge in [-0.15, -0.1) is 21.5 Å². The highest BCUT2D eigenvalue weighted by Gasteiger charge is 2.17. The van der Waals surface area contributed by atoms with Crippen molar-refractivity contribution in [1.29, 1.82) is 0 Å². The van der Waals surface area contributed by atoms with E-state index in [1.165, 1.54) is 30.0 Å². The number of carbonyl (C=O) groups is 1. The summed E-state index contributed by atoms with van der Waals surface area (Å²) in [6.07, 6.45) is 0.883. The average Bonchev–Trinajstić information content (AvgIpc) is 3.32. The number of nitrogens with zero attached hydrogens (tertiary/aromatic N) is 5. The Balaban J connectivity index is 1.71. The number of hydrogen-bond donors (Lipinski definition) is 1. The molecule has 156 valence electrons. The molecule has 10 heteroatoms. The monoisotopic (exact) mass is 442 g/mol. The van der Waals surface area contributed by atoms with Crippen molar-refractivity contribution in [1.82, 2.24) is 24.1 Å². The van der Waals surface area contributed by atoms with E-state index in [1.54, 1.807) is 4.57 Å². The van der Waals surface area contributed by atoms with E-state index in [0.717, 1.165) is 17.6 Å². The third-order valence-corrected chi connectivity index (χ3v) is 6.36. The number of amides is 1. The predicted octanol–water partition coefficient (Wildman–Crippen LogP) is 3.80. The minimum atomic E-state index is -0.141. The third-order valence-electron chi connectivity index (χ3n) is 4.59. The number of carbonyl (C=O) groups excluding carboxylic acids is 1. The van der Waals surface area contributed by atoms with Gasteiger partial charge in [-0.05, 0) is 24.5 Å². The molecule has 0 saturated carbocycles. The molecule has 0 unspecified atom stereocenters. The van der Waals surface area contributed by atoms with Crippen molar-refractivity contribution in [3.8, 4) is 0 Å². The van der Waals surface area contributed by atoms with E-state index < -0.39 is 0 Å². The standard InChI is InChI=1S/C20H22N6O2S2/c1-12(2)8-9-25-17(28)15-6-4-5-7-16(15)26-19(25)23-24-20(26)30-11-14-10-29-18(22-14)21-13(3)27/h4-7,10,12H,8-9,11H2,1-3H3,(H,21,22,27). The SMILES string of the molecule is CC(=O)Nc1nc(CSc2nnc3n(CCC(C)C)c(=O)c4ccccc4n23)cs1. The third kappa shape index (κ3) is 4.10. The lowest BCUT2D eigenvalue weighted by molar-refractivity contribution is -0.114. The molecule has 0 aliphatic carbocycles. The minimum Gasteiger partial charge on any atom is -0.302 e. The molecule has 0 aliphatic heterocycles. The van der Waals surface area contributed by atoms with Gasteiger partial charge >= 0.3 is 0 Å². The summed E-state index contributed by atoms with van der Waals surface area (Å²) in [6.45, 7) is 6.33. The number of thioether (sulfide) groups is 1. The first-order valence-electron chi connectivity index (χ1n) is 9.65. The van der Waals surface area contributed by atoms with Gasteiger partial charge in [-0.3, -0.25) is 18.6 Å². The summed E-state index contributed by atoms with van der Waals surface area (Å²) in [7, 11) is 0. The van der Waals surface area contributed by atoms with Gasteiger partial charge in [0.2, 0.25) is 11.7 Å². The molecular weight excluding hydrogens is 420 g/mol. The quantitative estimate of drug-likeness (QED) is 0.438. The van der Waals surface area contributed by atoms with Crippen molar-refractivity contribution < 1.29 is 4.79 Å². The molecule has 0 spiro atoms. The van der Waals surface area contributed by atoms with E-state index in [1.807, 2.05) is 34.0 Å². The number of benzene rings is 1. The van der Waals surface area contributed by atoms with Crippen LogP contribution in [0.3, 0.4) is 0 Å². The van der Waals surface area contributed by atoms with Gasteiger partial charge in [-0.1, -0.05) is 37.7 Å². The van der Waals surface area contributed by atoms with Crippen LogP contribution in [0.5, 0.6) is 0 Å². The number of para-hydroxylation sites is 1. The number of aryl methyl sites for hydroxylation is 1. The van der Waals surface area contributed by atoms with Crippen LogP contribution in [-0.4, -0.2) is 30.1 Å². The van der Waals surface area contributed by atoms with Crippen LogP contribution >= 0.6 is 23.1 Å². The maximum Gasteiger partial charge on any atom is 0.262 e. The van der Waals surface area contributed by atoms with Gasteiger partial charge in [0, 0.05) is 24.6 Å². The minimum absolute atomic E-state index is 0.0397. The van der Waals surface area contributed by atoms with E-state index in [-0.39, 0.29) is 11.5 Å². The van der Waals surface area contributed by atoms with Crippen LogP contribution in [0, 0.1) is 5.92 Å². The second-order valence-electron chi connectivity index (χ2n) is 7.39. The normalized spacial score (nSPS) is 11.6. The van der Waals surface area contributed by atoms with Gasteiger partial charge in [0.05, 0.1) is 16.6 Å². The smallest absolute Gasteiger partial charge is 0.262 e. The zero-order chi connectivity index (χ0) is 21.3. The second kappa shape index (κ2) is 8.57. The first-order valence-corrected chi connectivity index (χ1v) is 11.5. The van der Waals surface area contributed by atoms with E-state index in [0.29, 0.717) is 39.7 Å². The van der Waals surface area contributed by atoms with Crippen molar-refractivity contribution in [2.24, 2.45) is 5.92 Å². The Morgan fingerprint density at radius 1 is 1.27 bits per heavy atom. The number of nitrogens with one attached hydrogen (secondary N) is 1. The summed E-state index contributed by atoms with van der Waals surface area (Å²) in [5, 5.41) is 15.3. The Morgan fingerprint density at radius 2 is 2.07 bits per heavy atom. The van der Waals surface area contributed by atoms with Crippen LogP contribution in [0.2, 0.25) is 0 Å². The lowest BCUT2D eigenvalue weighted by Gasteiger charge is -2.12. The van der Waals surface area contributed by atoms with Crippen LogP contribution in [0.4, 0.5) is 5.13 Å². The van der Waals surface area contributed by atoms with E-state index >= 15 is 0 Å². The van der Waals surface area contributed by atoms with E-state index in [9.17, 15) is 9.59 Å². The summed E-state index contributed by atoms with van der Waals surface area (Å²) in [5.41, 5.74) is 1.60. The molecule has 0 fully saturated rings. The van der Waals surface area contributed by atoms with Gasteiger partial charge < -0.3 is 5.32 Å². The summed E-state index contributed by atoms with van der Waals surface area (Å²) in [4.78, 5) is 28.7. The number of fused-ring (bicyclic) bond motifs is 3. The Hall–Kier alpha value is -2.72. The molecule has 1 aromatic carbocycles. The molecular formula is C20H22N6O2S2. The van der Waals surface area contributed by atoms with Crippen LogP contribution in [0.25, 0.3) is 16.7 Å². The summed E-state index contributed by atoms with van der Waals surface area (Å²) < 4.78 is 3.67. The molecule has 4 aromatic rings. The van der Waals surface area contributed by atoms with Crippen molar-refractivity contribution >= 4 is 50.8 Å². The van der Waals surface area contributed by atoms with Crippen molar-refractivity contribution in [3.05, 3.63) is 45.7 Å². The predicted molar refractivity (Wildman–Crippen MR) is 120 cm³/mol. The first-order chi connectivity index (χ1) is 14.4.